The molecular weight excluding hydrogens is 257 g/mol. The van der Waals surface area contributed by atoms with Crippen LogP contribution in [0.25, 0.3) is 16.7 Å². The summed E-state index contributed by atoms with van der Waals surface area (Å²) in [7, 11) is 1.63. The molecule has 3 aromatic rings. The molecule has 0 saturated heterocycles. The van der Waals surface area contributed by atoms with Gasteiger partial charge in [0.1, 0.15) is 5.52 Å². The molecule has 0 atom stereocenters. The van der Waals surface area contributed by atoms with E-state index < -0.39 is 0 Å². The molecule has 0 spiro atoms. The van der Waals surface area contributed by atoms with Gasteiger partial charge in [-0.3, -0.25) is 4.57 Å². The number of aromatic nitrogens is 2. The molecule has 0 fully saturated rings. The van der Waals surface area contributed by atoms with Crippen molar-refractivity contribution >= 4 is 17.0 Å². The normalized spacial score (nSPS) is 11.1. The van der Waals surface area contributed by atoms with E-state index in [4.69, 9.17) is 10.5 Å². The molecular formula is C15H14FN3O. The lowest BCUT2D eigenvalue weighted by atomic mass is 10.2. The van der Waals surface area contributed by atoms with Crippen LogP contribution in [0.15, 0.2) is 42.5 Å². The van der Waals surface area contributed by atoms with E-state index in [1.54, 1.807) is 23.8 Å². The average Bonchev–Trinajstić information content (AvgIpc) is 2.78. The summed E-state index contributed by atoms with van der Waals surface area (Å²) >= 11 is 0. The second-order valence-corrected chi connectivity index (χ2v) is 4.47. The third-order valence-corrected chi connectivity index (χ3v) is 3.19. The smallest absolute Gasteiger partial charge is 0.206 e. The van der Waals surface area contributed by atoms with Crippen LogP contribution in [0.5, 0.6) is 0 Å². The fraction of sp³-hybridized carbons (Fsp3) is 0.133. The molecule has 1 aromatic heterocycles. The number of benzene rings is 2. The Bertz CT molecular complexity index is 767. The Hall–Kier alpha value is -2.40. The molecule has 2 N–H and O–H groups in total. The lowest BCUT2D eigenvalue weighted by molar-refractivity contribution is 0.185. The third kappa shape index (κ3) is 1.92. The van der Waals surface area contributed by atoms with Crippen molar-refractivity contribution in [3.63, 3.8) is 0 Å². The van der Waals surface area contributed by atoms with Gasteiger partial charge in [-0.15, -0.1) is 0 Å². The van der Waals surface area contributed by atoms with E-state index in [1.807, 2.05) is 24.3 Å². The Labute approximate surface area is 115 Å². The lowest BCUT2D eigenvalue weighted by Gasteiger charge is -2.11. The molecule has 0 aliphatic rings. The summed E-state index contributed by atoms with van der Waals surface area (Å²) in [5.74, 6) is -0.120. The molecule has 4 nitrogen and oxygen atoms in total. The first-order valence-electron chi connectivity index (χ1n) is 6.22. The number of nitrogen functional groups attached to an aromatic ring is 1. The number of methoxy groups -OCH3 is 1. The SMILES string of the molecule is COCc1ccccc1-n1c(N)nc2c(F)cccc21. The van der Waals surface area contributed by atoms with E-state index in [0.717, 1.165) is 11.3 Å². The quantitative estimate of drug-likeness (QED) is 0.797. The van der Waals surface area contributed by atoms with E-state index in [0.29, 0.717) is 12.1 Å². The maximum absolute atomic E-state index is 13.8. The Morgan fingerprint density at radius 3 is 2.80 bits per heavy atom. The summed E-state index contributed by atoms with van der Waals surface area (Å²) < 4.78 is 20.7. The number of rotatable bonds is 3. The molecule has 0 saturated carbocycles. The van der Waals surface area contributed by atoms with Gasteiger partial charge in [0.2, 0.25) is 5.95 Å². The first kappa shape index (κ1) is 12.6. The Morgan fingerprint density at radius 1 is 1.20 bits per heavy atom. The van der Waals surface area contributed by atoms with E-state index in [9.17, 15) is 4.39 Å². The number of hydrogen-bond acceptors (Lipinski definition) is 3. The summed E-state index contributed by atoms with van der Waals surface area (Å²) in [6.07, 6.45) is 0. The molecule has 0 amide bonds. The highest BCUT2D eigenvalue weighted by Gasteiger charge is 2.15. The maximum Gasteiger partial charge on any atom is 0.206 e. The van der Waals surface area contributed by atoms with Crippen molar-refractivity contribution in [1.29, 1.82) is 0 Å². The summed E-state index contributed by atoms with van der Waals surface area (Å²) in [5, 5.41) is 0. The van der Waals surface area contributed by atoms with Gasteiger partial charge in [-0.05, 0) is 18.2 Å². The summed E-state index contributed by atoms with van der Waals surface area (Å²) in [6.45, 7) is 0.449. The van der Waals surface area contributed by atoms with Crippen LogP contribution in [0.2, 0.25) is 0 Å². The molecule has 2 aromatic carbocycles. The number of halogens is 1. The summed E-state index contributed by atoms with van der Waals surface area (Å²) in [5.41, 5.74) is 8.69. The van der Waals surface area contributed by atoms with Crippen molar-refractivity contribution in [3.8, 4) is 5.69 Å². The second kappa shape index (κ2) is 4.94. The van der Waals surface area contributed by atoms with Crippen LogP contribution in [-0.4, -0.2) is 16.7 Å². The number of fused-ring (bicyclic) bond motifs is 1. The minimum absolute atomic E-state index is 0.258. The highest BCUT2D eigenvalue weighted by atomic mass is 19.1. The molecule has 0 aliphatic heterocycles. The monoisotopic (exact) mass is 271 g/mol. The van der Waals surface area contributed by atoms with E-state index >= 15 is 0 Å². The van der Waals surface area contributed by atoms with Crippen LogP contribution in [0, 0.1) is 5.82 Å². The molecule has 0 bridgehead atoms. The van der Waals surface area contributed by atoms with Crippen LogP contribution in [0.1, 0.15) is 5.56 Å². The van der Waals surface area contributed by atoms with Gasteiger partial charge in [0.25, 0.3) is 0 Å². The van der Waals surface area contributed by atoms with Crippen molar-refractivity contribution in [3.05, 3.63) is 53.8 Å². The van der Waals surface area contributed by atoms with Gasteiger partial charge in [-0.1, -0.05) is 24.3 Å². The van der Waals surface area contributed by atoms with Crippen LogP contribution in [0.4, 0.5) is 10.3 Å². The Morgan fingerprint density at radius 2 is 2.00 bits per heavy atom. The number of nitrogens with two attached hydrogens (primary N) is 1. The molecule has 0 unspecified atom stereocenters. The van der Waals surface area contributed by atoms with Crippen molar-refractivity contribution in [1.82, 2.24) is 9.55 Å². The predicted molar refractivity (Wildman–Crippen MR) is 76.2 cm³/mol. The topological polar surface area (TPSA) is 53.1 Å². The van der Waals surface area contributed by atoms with Crippen molar-refractivity contribution in [2.24, 2.45) is 0 Å². The van der Waals surface area contributed by atoms with Gasteiger partial charge < -0.3 is 10.5 Å². The number of hydrogen-bond donors (Lipinski definition) is 1. The number of nitrogens with zero attached hydrogens (tertiary/aromatic N) is 2. The fourth-order valence-corrected chi connectivity index (χ4v) is 2.34. The van der Waals surface area contributed by atoms with Gasteiger partial charge in [0, 0.05) is 12.7 Å². The fourth-order valence-electron chi connectivity index (χ4n) is 2.34. The van der Waals surface area contributed by atoms with Gasteiger partial charge in [0.15, 0.2) is 5.82 Å². The number of para-hydroxylation sites is 2. The minimum atomic E-state index is -0.378. The molecule has 5 heteroatoms. The van der Waals surface area contributed by atoms with Crippen molar-refractivity contribution in [2.75, 3.05) is 12.8 Å². The molecule has 1 heterocycles. The van der Waals surface area contributed by atoms with Gasteiger partial charge in [-0.25, -0.2) is 9.37 Å². The van der Waals surface area contributed by atoms with Gasteiger partial charge >= 0.3 is 0 Å². The Balaban J connectivity index is 2.30. The molecule has 102 valence electrons. The number of ether oxygens (including phenoxy) is 1. The highest BCUT2D eigenvalue weighted by Crippen LogP contribution is 2.26. The number of imidazole rings is 1. The zero-order valence-corrected chi connectivity index (χ0v) is 11.0. The average molecular weight is 271 g/mol. The lowest BCUT2D eigenvalue weighted by Crippen LogP contribution is -2.04. The first-order chi connectivity index (χ1) is 9.72. The summed E-state index contributed by atoms with van der Waals surface area (Å²) in [4.78, 5) is 4.12. The minimum Gasteiger partial charge on any atom is -0.380 e. The second-order valence-electron chi connectivity index (χ2n) is 4.47. The largest absolute Gasteiger partial charge is 0.380 e. The molecule has 20 heavy (non-hydrogen) atoms. The van der Waals surface area contributed by atoms with E-state index in [-0.39, 0.29) is 17.3 Å². The molecule has 0 aliphatic carbocycles. The third-order valence-electron chi connectivity index (χ3n) is 3.19. The van der Waals surface area contributed by atoms with Crippen LogP contribution >= 0.6 is 0 Å². The van der Waals surface area contributed by atoms with Crippen molar-refractivity contribution in [2.45, 2.75) is 6.61 Å². The zero-order valence-electron chi connectivity index (χ0n) is 11.0. The molecule has 3 rings (SSSR count). The molecule has 0 radical (unpaired) electrons. The van der Waals surface area contributed by atoms with Gasteiger partial charge in [-0.2, -0.15) is 0 Å². The predicted octanol–water partition coefficient (Wildman–Crippen LogP) is 2.89. The number of anilines is 1. The van der Waals surface area contributed by atoms with E-state index in [2.05, 4.69) is 4.98 Å². The van der Waals surface area contributed by atoms with Crippen LogP contribution in [0.3, 0.4) is 0 Å². The van der Waals surface area contributed by atoms with E-state index in [1.165, 1.54) is 6.07 Å². The first-order valence-corrected chi connectivity index (χ1v) is 6.22. The zero-order chi connectivity index (χ0) is 14.1. The van der Waals surface area contributed by atoms with Crippen LogP contribution in [-0.2, 0) is 11.3 Å². The Kier molecular flexibility index (Phi) is 3.12. The standard InChI is InChI=1S/C15H14FN3O/c1-20-9-10-5-2-3-7-12(10)19-13-8-4-6-11(16)14(13)18-15(19)17/h2-8H,9H2,1H3,(H2,17,18). The van der Waals surface area contributed by atoms with Crippen LogP contribution < -0.4 is 5.73 Å². The van der Waals surface area contributed by atoms with Gasteiger partial charge in [0.05, 0.1) is 17.8 Å². The summed E-state index contributed by atoms with van der Waals surface area (Å²) in [6, 6.07) is 12.5. The maximum atomic E-state index is 13.8. The van der Waals surface area contributed by atoms with Crippen molar-refractivity contribution < 1.29 is 9.13 Å². The highest BCUT2D eigenvalue weighted by molar-refractivity contribution is 5.81.